The lowest BCUT2D eigenvalue weighted by Crippen LogP contribution is -1.92. The van der Waals surface area contributed by atoms with Crippen molar-refractivity contribution in [1.29, 1.82) is 0 Å². The van der Waals surface area contributed by atoms with E-state index in [1.165, 1.54) is 32.1 Å². The maximum absolute atomic E-state index is 11.5. The quantitative estimate of drug-likeness (QED) is 0.461. The van der Waals surface area contributed by atoms with Gasteiger partial charge in [0.1, 0.15) is 5.76 Å². The van der Waals surface area contributed by atoms with Gasteiger partial charge in [0.15, 0.2) is 5.78 Å². The van der Waals surface area contributed by atoms with Gasteiger partial charge in [0.25, 0.3) is 0 Å². The molecule has 1 rings (SSSR count). The van der Waals surface area contributed by atoms with Gasteiger partial charge in [-0.25, -0.2) is 0 Å². The number of hydrogen-bond donors (Lipinski definition) is 0. The standard InChI is InChI=1S/C15H22O2/c1-2-3-4-5-6-7-9-14(16)11-12-15-10-8-13-17-15/h8,10-13H,2-7,9H2,1H3. The van der Waals surface area contributed by atoms with Gasteiger partial charge < -0.3 is 4.42 Å². The highest BCUT2D eigenvalue weighted by Crippen LogP contribution is 2.08. The highest BCUT2D eigenvalue weighted by molar-refractivity contribution is 5.93. The fourth-order valence-electron chi connectivity index (χ4n) is 1.72. The summed E-state index contributed by atoms with van der Waals surface area (Å²) < 4.78 is 5.11. The van der Waals surface area contributed by atoms with Crippen molar-refractivity contribution in [3.05, 3.63) is 30.2 Å². The summed E-state index contributed by atoms with van der Waals surface area (Å²) >= 11 is 0. The van der Waals surface area contributed by atoms with Gasteiger partial charge in [-0.15, -0.1) is 0 Å². The molecule has 2 nitrogen and oxygen atoms in total. The highest BCUT2D eigenvalue weighted by Gasteiger charge is 1.97. The Hall–Kier alpha value is -1.31. The molecule has 0 aromatic carbocycles. The Morgan fingerprint density at radius 3 is 2.71 bits per heavy atom. The van der Waals surface area contributed by atoms with Crippen LogP contribution in [-0.2, 0) is 4.79 Å². The smallest absolute Gasteiger partial charge is 0.155 e. The minimum absolute atomic E-state index is 0.192. The van der Waals surface area contributed by atoms with E-state index < -0.39 is 0 Å². The first-order chi connectivity index (χ1) is 8.33. The fourth-order valence-corrected chi connectivity index (χ4v) is 1.72. The van der Waals surface area contributed by atoms with Crippen LogP contribution < -0.4 is 0 Å². The highest BCUT2D eigenvalue weighted by atomic mass is 16.3. The molecule has 0 unspecified atom stereocenters. The monoisotopic (exact) mass is 234 g/mol. The first kappa shape index (κ1) is 13.8. The molecule has 0 fully saturated rings. The Bertz CT molecular complexity index is 323. The molecule has 0 amide bonds. The van der Waals surface area contributed by atoms with Gasteiger partial charge in [-0.1, -0.05) is 39.0 Å². The lowest BCUT2D eigenvalue weighted by Gasteiger charge is -1.98. The largest absolute Gasteiger partial charge is 0.465 e. The second-order valence-corrected chi connectivity index (χ2v) is 4.33. The molecule has 2 heteroatoms. The van der Waals surface area contributed by atoms with Gasteiger partial charge in [0.05, 0.1) is 6.26 Å². The molecule has 0 saturated carbocycles. The molecule has 0 aliphatic heterocycles. The zero-order valence-electron chi connectivity index (χ0n) is 10.7. The summed E-state index contributed by atoms with van der Waals surface area (Å²) in [6.07, 6.45) is 12.9. The minimum atomic E-state index is 0.192. The number of hydrogen-bond acceptors (Lipinski definition) is 2. The average Bonchev–Trinajstić information content (AvgIpc) is 2.84. The third-order valence-corrected chi connectivity index (χ3v) is 2.75. The van der Waals surface area contributed by atoms with Crippen LogP contribution in [0, 0.1) is 0 Å². The Morgan fingerprint density at radius 2 is 2.00 bits per heavy atom. The SMILES string of the molecule is CCCCCCCCC(=O)C=Cc1ccco1. The van der Waals surface area contributed by atoms with E-state index in [9.17, 15) is 4.79 Å². The molecule has 0 atom stereocenters. The predicted molar refractivity (Wildman–Crippen MR) is 70.7 cm³/mol. The molecule has 0 saturated heterocycles. The molecule has 1 aromatic rings. The summed E-state index contributed by atoms with van der Waals surface area (Å²) in [4.78, 5) is 11.5. The average molecular weight is 234 g/mol. The maximum Gasteiger partial charge on any atom is 0.155 e. The van der Waals surface area contributed by atoms with Gasteiger partial charge >= 0.3 is 0 Å². The molecule has 0 bridgehead atoms. The van der Waals surface area contributed by atoms with E-state index in [-0.39, 0.29) is 5.78 Å². The lowest BCUT2D eigenvalue weighted by atomic mass is 10.1. The van der Waals surface area contributed by atoms with Crippen LogP contribution in [-0.4, -0.2) is 5.78 Å². The topological polar surface area (TPSA) is 30.2 Å². The van der Waals surface area contributed by atoms with Crippen LogP contribution in [0.15, 0.2) is 28.9 Å². The summed E-state index contributed by atoms with van der Waals surface area (Å²) in [7, 11) is 0. The number of rotatable bonds is 9. The van der Waals surface area contributed by atoms with E-state index in [0.717, 1.165) is 12.2 Å². The summed E-state index contributed by atoms with van der Waals surface area (Å²) in [6.45, 7) is 2.21. The van der Waals surface area contributed by atoms with Gasteiger partial charge in [-0.05, 0) is 30.7 Å². The van der Waals surface area contributed by atoms with E-state index in [1.54, 1.807) is 18.4 Å². The number of allylic oxidation sites excluding steroid dienone is 1. The normalized spacial score (nSPS) is 11.1. The van der Waals surface area contributed by atoms with Crippen LogP contribution in [0.1, 0.15) is 57.6 Å². The molecular formula is C15H22O2. The van der Waals surface area contributed by atoms with Crippen molar-refractivity contribution in [2.75, 3.05) is 0 Å². The van der Waals surface area contributed by atoms with Crippen LogP contribution in [0.3, 0.4) is 0 Å². The predicted octanol–water partition coefficient (Wildman–Crippen LogP) is 4.61. The number of unbranched alkanes of at least 4 members (excludes halogenated alkanes) is 5. The van der Waals surface area contributed by atoms with Crippen LogP contribution in [0.5, 0.6) is 0 Å². The molecule has 0 N–H and O–H groups in total. The zero-order valence-corrected chi connectivity index (χ0v) is 10.7. The fraction of sp³-hybridized carbons (Fsp3) is 0.533. The third-order valence-electron chi connectivity index (χ3n) is 2.75. The number of carbonyl (C=O) groups is 1. The van der Waals surface area contributed by atoms with E-state index in [4.69, 9.17) is 4.42 Å². The second kappa shape index (κ2) is 8.80. The lowest BCUT2D eigenvalue weighted by molar-refractivity contribution is -0.114. The molecule has 94 valence electrons. The molecule has 0 aliphatic carbocycles. The van der Waals surface area contributed by atoms with Gasteiger partial charge in [-0.2, -0.15) is 0 Å². The zero-order chi connectivity index (χ0) is 12.3. The number of ketones is 1. The Balaban J connectivity index is 2.05. The van der Waals surface area contributed by atoms with Crippen molar-refractivity contribution >= 4 is 11.9 Å². The van der Waals surface area contributed by atoms with E-state index in [0.29, 0.717) is 6.42 Å². The summed E-state index contributed by atoms with van der Waals surface area (Å²) in [5, 5.41) is 0. The molecule has 17 heavy (non-hydrogen) atoms. The van der Waals surface area contributed by atoms with Crippen molar-refractivity contribution in [2.45, 2.75) is 51.9 Å². The second-order valence-electron chi connectivity index (χ2n) is 4.33. The van der Waals surface area contributed by atoms with E-state index >= 15 is 0 Å². The van der Waals surface area contributed by atoms with Crippen molar-refractivity contribution in [2.24, 2.45) is 0 Å². The van der Waals surface area contributed by atoms with Crippen molar-refractivity contribution in [3.63, 3.8) is 0 Å². The van der Waals surface area contributed by atoms with E-state index in [2.05, 4.69) is 6.92 Å². The Labute approximate surface area is 104 Å². The Morgan fingerprint density at radius 1 is 1.24 bits per heavy atom. The van der Waals surface area contributed by atoms with Crippen molar-refractivity contribution in [3.8, 4) is 0 Å². The third kappa shape index (κ3) is 6.77. The first-order valence-electron chi connectivity index (χ1n) is 6.57. The molecule has 0 aliphatic rings. The summed E-state index contributed by atoms with van der Waals surface area (Å²) in [5.74, 6) is 0.929. The molecule has 0 spiro atoms. The van der Waals surface area contributed by atoms with Gasteiger partial charge in [0.2, 0.25) is 0 Å². The van der Waals surface area contributed by atoms with Crippen LogP contribution in [0.4, 0.5) is 0 Å². The van der Waals surface area contributed by atoms with E-state index in [1.807, 2.05) is 12.1 Å². The van der Waals surface area contributed by atoms with Crippen LogP contribution in [0.2, 0.25) is 0 Å². The minimum Gasteiger partial charge on any atom is -0.465 e. The number of furan rings is 1. The van der Waals surface area contributed by atoms with Crippen molar-refractivity contribution < 1.29 is 9.21 Å². The molecular weight excluding hydrogens is 212 g/mol. The summed E-state index contributed by atoms with van der Waals surface area (Å²) in [5.41, 5.74) is 0. The van der Waals surface area contributed by atoms with Gasteiger partial charge in [-0.3, -0.25) is 4.79 Å². The van der Waals surface area contributed by atoms with Gasteiger partial charge in [0, 0.05) is 6.42 Å². The van der Waals surface area contributed by atoms with Crippen LogP contribution in [0.25, 0.3) is 6.08 Å². The van der Waals surface area contributed by atoms with Crippen molar-refractivity contribution in [1.82, 2.24) is 0 Å². The van der Waals surface area contributed by atoms with Crippen LogP contribution >= 0.6 is 0 Å². The molecule has 1 aromatic heterocycles. The molecule has 1 heterocycles. The first-order valence-corrected chi connectivity index (χ1v) is 6.57. The summed E-state index contributed by atoms with van der Waals surface area (Å²) in [6, 6.07) is 3.66. The maximum atomic E-state index is 11.5. The number of carbonyl (C=O) groups excluding carboxylic acids is 1. The molecule has 0 radical (unpaired) electrons. The Kier molecular flexibility index (Phi) is 7.12.